The first-order valence-electron chi connectivity index (χ1n) is 8.69. The Morgan fingerprint density at radius 2 is 1.88 bits per heavy atom. The lowest BCUT2D eigenvalue weighted by Gasteiger charge is -2.27. The van der Waals surface area contributed by atoms with Crippen LogP contribution in [0.5, 0.6) is 5.75 Å². The van der Waals surface area contributed by atoms with Crippen molar-refractivity contribution in [3.63, 3.8) is 0 Å². The molecule has 3 rings (SSSR count). The second-order valence-corrected chi connectivity index (χ2v) is 6.69. The SMILES string of the molecule is Cc1cc(C)cc(OCCN(C)C(=O)C2Cc3ccccc3C(=O)O2)c1. The zero-order valence-corrected chi connectivity index (χ0v) is 15.3. The number of ether oxygens (including phenoxy) is 2. The Kier molecular flexibility index (Phi) is 5.26. The Hall–Kier alpha value is -2.82. The summed E-state index contributed by atoms with van der Waals surface area (Å²) in [7, 11) is 1.70. The number of hydrogen-bond donors (Lipinski definition) is 0. The molecule has 0 saturated carbocycles. The molecular formula is C21H23NO4. The van der Waals surface area contributed by atoms with Gasteiger partial charge in [-0.1, -0.05) is 24.3 Å². The van der Waals surface area contributed by atoms with E-state index in [0.29, 0.717) is 25.1 Å². The molecule has 0 spiro atoms. The van der Waals surface area contributed by atoms with Crippen LogP contribution in [0.25, 0.3) is 0 Å². The van der Waals surface area contributed by atoms with Gasteiger partial charge in [-0.3, -0.25) is 4.79 Å². The molecule has 5 nitrogen and oxygen atoms in total. The Bertz CT molecular complexity index is 810. The summed E-state index contributed by atoms with van der Waals surface area (Å²) in [6, 6.07) is 13.2. The third-order valence-corrected chi connectivity index (χ3v) is 4.43. The second-order valence-electron chi connectivity index (χ2n) is 6.69. The average Bonchev–Trinajstić information content (AvgIpc) is 2.60. The van der Waals surface area contributed by atoms with Crippen LogP contribution >= 0.6 is 0 Å². The number of amides is 1. The van der Waals surface area contributed by atoms with E-state index >= 15 is 0 Å². The number of aryl methyl sites for hydroxylation is 2. The fourth-order valence-corrected chi connectivity index (χ4v) is 3.14. The summed E-state index contributed by atoms with van der Waals surface area (Å²) in [6.07, 6.45) is -0.369. The Balaban J connectivity index is 1.56. The second kappa shape index (κ2) is 7.60. The maximum Gasteiger partial charge on any atom is 0.339 e. The summed E-state index contributed by atoms with van der Waals surface area (Å²) in [5.41, 5.74) is 3.66. The monoisotopic (exact) mass is 353 g/mol. The lowest BCUT2D eigenvalue weighted by molar-refractivity contribution is -0.140. The Labute approximate surface area is 153 Å². The first kappa shape index (κ1) is 18.0. The van der Waals surface area contributed by atoms with Crippen LogP contribution in [0, 0.1) is 13.8 Å². The number of hydrogen-bond acceptors (Lipinski definition) is 4. The minimum atomic E-state index is -0.774. The van der Waals surface area contributed by atoms with Gasteiger partial charge in [-0.2, -0.15) is 0 Å². The number of carbonyl (C=O) groups excluding carboxylic acids is 2. The zero-order valence-electron chi connectivity index (χ0n) is 15.3. The number of nitrogens with zero attached hydrogens (tertiary/aromatic N) is 1. The number of benzene rings is 2. The van der Waals surface area contributed by atoms with Crippen LogP contribution in [-0.4, -0.2) is 43.1 Å². The summed E-state index contributed by atoms with van der Waals surface area (Å²) in [5.74, 6) is 0.142. The third-order valence-electron chi connectivity index (χ3n) is 4.43. The van der Waals surface area contributed by atoms with E-state index in [9.17, 15) is 9.59 Å². The van der Waals surface area contributed by atoms with Gasteiger partial charge in [-0.05, 0) is 48.7 Å². The van der Waals surface area contributed by atoms with Crippen LogP contribution < -0.4 is 4.74 Å². The molecule has 0 radical (unpaired) electrons. The van der Waals surface area contributed by atoms with Gasteiger partial charge in [0.25, 0.3) is 5.91 Å². The van der Waals surface area contributed by atoms with Crippen molar-refractivity contribution < 1.29 is 19.1 Å². The molecule has 2 aromatic rings. The number of esters is 1. The van der Waals surface area contributed by atoms with E-state index in [1.165, 1.54) is 0 Å². The maximum atomic E-state index is 12.6. The minimum Gasteiger partial charge on any atom is -0.492 e. The molecule has 0 aliphatic carbocycles. The molecule has 26 heavy (non-hydrogen) atoms. The van der Waals surface area contributed by atoms with Crippen LogP contribution in [0.15, 0.2) is 42.5 Å². The first-order valence-corrected chi connectivity index (χ1v) is 8.69. The van der Waals surface area contributed by atoms with Crippen LogP contribution in [0.3, 0.4) is 0 Å². The van der Waals surface area contributed by atoms with E-state index in [0.717, 1.165) is 22.4 Å². The van der Waals surface area contributed by atoms with Gasteiger partial charge in [0.2, 0.25) is 0 Å². The molecule has 0 saturated heterocycles. The molecule has 0 N–H and O–H groups in total. The van der Waals surface area contributed by atoms with Crippen molar-refractivity contribution >= 4 is 11.9 Å². The highest BCUT2D eigenvalue weighted by atomic mass is 16.5. The van der Waals surface area contributed by atoms with Crippen molar-refractivity contribution in [3.8, 4) is 5.75 Å². The van der Waals surface area contributed by atoms with Crippen LogP contribution in [0.4, 0.5) is 0 Å². The van der Waals surface area contributed by atoms with Crippen molar-refractivity contribution in [3.05, 3.63) is 64.7 Å². The fourth-order valence-electron chi connectivity index (χ4n) is 3.14. The third kappa shape index (κ3) is 4.04. The standard InChI is InChI=1S/C21H23NO4/c1-14-10-15(2)12-17(11-14)25-9-8-22(3)20(23)19-13-16-6-4-5-7-18(16)21(24)26-19/h4-7,10-12,19H,8-9,13H2,1-3H3. The largest absolute Gasteiger partial charge is 0.492 e. The molecule has 1 amide bonds. The first-order chi connectivity index (χ1) is 12.4. The molecule has 0 bridgehead atoms. The molecule has 5 heteroatoms. The molecule has 0 aromatic heterocycles. The average molecular weight is 353 g/mol. The molecule has 1 atom stereocenters. The summed E-state index contributed by atoms with van der Waals surface area (Å²) in [6.45, 7) is 4.83. The predicted octanol–water partition coefficient (Wildman–Crippen LogP) is 2.92. The molecule has 1 aliphatic rings. The van der Waals surface area contributed by atoms with E-state index in [-0.39, 0.29) is 5.91 Å². The highest BCUT2D eigenvalue weighted by molar-refractivity contribution is 5.95. The topological polar surface area (TPSA) is 55.8 Å². The molecule has 1 aliphatic heterocycles. The normalized spacial score (nSPS) is 15.8. The fraction of sp³-hybridized carbons (Fsp3) is 0.333. The smallest absolute Gasteiger partial charge is 0.339 e. The lowest BCUT2D eigenvalue weighted by atomic mass is 9.98. The summed E-state index contributed by atoms with van der Waals surface area (Å²) >= 11 is 0. The molecular weight excluding hydrogens is 330 g/mol. The van der Waals surface area contributed by atoms with E-state index in [2.05, 4.69) is 6.07 Å². The van der Waals surface area contributed by atoms with Crippen LogP contribution in [-0.2, 0) is 16.0 Å². The van der Waals surface area contributed by atoms with Crippen molar-refractivity contribution in [1.82, 2.24) is 4.90 Å². The zero-order chi connectivity index (χ0) is 18.7. The van der Waals surface area contributed by atoms with E-state index in [4.69, 9.17) is 9.47 Å². The highest BCUT2D eigenvalue weighted by Gasteiger charge is 2.32. The minimum absolute atomic E-state index is 0.211. The summed E-state index contributed by atoms with van der Waals surface area (Å²) < 4.78 is 11.1. The van der Waals surface area contributed by atoms with Gasteiger partial charge in [0.05, 0.1) is 12.1 Å². The van der Waals surface area contributed by atoms with E-state index in [1.807, 2.05) is 38.1 Å². The van der Waals surface area contributed by atoms with E-state index in [1.54, 1.807) is 24.1 Å². The number of rotatable bonds is 5. The molecule has 1 unspecified atom stereocenters. The number of cyclic esters (lactones) is 1. The number of carbonyl (C=O) groups is 2. The molecule has 2 aromatic carbocycles. The van der Waals surface area contributed by atoms with E-state index < -0.39 is 12.1 Å². The summed E-state index contributed by atoms with van der Waals surface area (Å²) in [5, 5.41) is 0. The van der Waals surface area contributed by atoms with Crippen molar-refractivity contribution in [1.29, 1.82) is 0 Å². The highest BCUT2D eigenvalue weighted by Crippen LogP contribution is 2.21. The Morgan fingerprint density at radius 1 is 1.19 bits per heavy atom. The molecule has 0 fully saturated rings. The predicted molar refractivity (Wildman–Crippen MR) is 98.4 cm³/mol. The number of likely N-dealkylation sites (N-methyl/N-ethyl adjacent to an activating group) is 1. The van der Waals surface area contributed by atoms with Crippen molar-refractivity contribution in [2.45, 2.75) is 26.4 Å². The van der Waals surface area contributed by atoms with Crippen molar-refractivity contribution in [2.24, 2.45) is 0 Å². The quantitative estimate of drug-likeness (QED) is 0.776. The van der Waals surface area contributed by atoms with Gasteiger partial charge >= 0.3 is 5.97 Å². The van der Waals surface area contributed by atoms with Gasteiger partial charge in [0.1, 0.15) is 12.4 Å². The van der Waals surface area contributed by atoms with Crippen LogP contribution in [0.2, 0.25) is 0 Å². The van der Waals surface area contributed by atoms with Crippen LogP contribution in [0.1, 0.15) is 27.0 Å². The maximum absolute atomic E-state index is 12.6. The van der Waals surface area contributed by atoms with Gasteiger partial charge in [-0.15, -0.1) is 0 Å². The Morgan fingerprint density at radius 3 is 2.62 bits per heavy atom. The lowest BCUT2D eigenvalue weighted by Crippen LogP contribution is -2.44. The molecule has 136 valence electrons. The van der Waals surface area contributed by atoms with Crippen molar-refractivity contribution in [2.75, 3.05) is 20.2 Å². The molecule has 1 heterocycles. The van der Waals surface area contributed by atoms with Gasteiger partial charge in [-0.25, -0.2) is 4.79 Å². The van der Waals surface area contributed by atoms with Gasteiger partial charge in [0.15, 0.2) is 6.10 Å². The number of fused-ring (bicyclic) bond motifs is 1. The summed E-state index contributed by atoms with van der Waals surface area (Å²) in [4.78, 5) is 26.2. The van der Waals surface area contributed by atoms with Gasteiger partial charge in [0, 0.05) is 13.5 Å². The van der Waals surface area contributed by atoms with Gasteiger partial charge < -0.3 is 14.4 Å².